The summed E-state index contributed by atoms with van der Waals surface area (Å²) in [5, 5.41) is 5.02. The molecule has 1 aliphatic heterocycles. The number of hydrogen-bond acceptors (Lipinski definition) is 3. The van der Waals surface area contributed by atoms with Crippen molar-refractivity contribution in [3.8, 4) is 0 Å². The van der Waals surface area contributed by atoms with Crippen molar-refractivity contribution in [2.24, 2.45) is 7.05 Å². The van der Waals surface area contributed by atoms with E-state index in [4.69, 9.17) is 0 Å². The van der Waals surface area contributed by atoms with E-state index in [2.05, 4.69) is 10.1 Å². The first-order chi connectivity index (χ1) is 12.4. The lowest BCUT2D eigenvalue weighted by molar-refractivity contribution is 0.0985. The van der Waals surface area contributed by atoms with Crippen LogP contribution in [0.1, 0.15) is 33.7 Å². The third kappa shape index (κ3) is 2.46. The van der Waals surface area contributed by atoms with Gasteiger partial charge in [-0.25, -0.2) is 13.8 Å². The Labute approximate surface area is 149 Å². The van der Waals surface area contributed by atoms with Crippen LogP contribution in [0.15, 0.2) is 18.2 Å². The van der Waals surface area contributed by atoms with Gasteiger partial charge < -0.3 is 4.90 Å². The lowest BCUT2D eigenvalue weighted by Crippen LogP contribution is -2.36. The Hall–Kier alpha value is -2.83. The number of anilines is 1. The van der Waals surface area contributed by atoms with Crippen LogP contribution in [-0.4, -0.2) is 27.2 Å². The molecule has 3 heterocycles. The molecule has 5 nitrogen and oxygen atoms in total. The molecule has 1 aromatic carbocycles. The fourth-order valence-corrected chi connectivity index (χ4v) is 3.74. The molecule has 26 heavy (non-hydrogen) atoms. The zero-order valence-corrected chi connectivity index (χ0v) is 14.8. The zero-order valence-electron chi connectivity index (χ0n) is 14.8. The molecule has 4 rings (SSSR count). The highest BCUT2D eigenvalue weighted by Gasteiger charge is 2.29. The van der Waals surface area contributed by atoms with Crippen LogP contribution in [-0.2, 0) is 13.5 Å². The number of aromatic nitrogens is 3. The van der Waals surface area contributed by atoms with Crippen molar-refractivity contribution in [2.45, 2.75) is 26.7 Å². The molecular formula is C19H18F2N4O. The van der Waals surface area contributed by atoms with Crippen molar-refractivity contribution in [1.82, 2.24) is 14.8 Å². The molecule has 0 atom stereocenters. The second kappa shape index (κ2) is 5.86. The summed E-state index contributed by atoms with van der Waals surface area (Å²) in [4.78, 5) is 19.2. The Bertz CT molecular complexity index is 1060. The van der Waals surface area contributed by atoms with Crippen LogP contribution in [0, 0.1) is 25.5 Å². The zero-order chi connectivity index (χ0) is 18.6. The highest BCUT2D eigenvalue weighted by Crippen LogP contribution is 2.33. The molecule has 3 aromatic rings. The summed E-state index contributed by atoms with van der Waals surface area (Å²) in [6.45, 7) is 4.01. The molecule has 1 aliphatic rings. The fourth-order valence-electron chi connectivity index (χ4n) is 3.74. The first-order valence-corrected chi connectivity index (χ1v) is 8.47. The van der Waals surface area contributed by atoms with Crippen LogP contribution in [0.25, 0.3) is 11.0 Å². The lowest BCUT2D eigenvalue weighted by atomic mass is 9.99. The molecule has 0 saturated heterocycles. The van der Waals surface area contributed by atoms with Gasteiger partial charge in [-0.3, -0.25) is 9.48 Å². The summed E-state index contributed by atoms with van der Waals surface area (Å²) in [5.74, 6) is -1.65. The topological polar surface area (TPSA) is 51.0 Å². The van der Waals surface area contributed by atoms with E-state index in [0.29, 0.717) is 52.9 Å². The smallest absolute Gasteiger partial charge is 0.259 e. The summed E-state index contributed by atoms with van der Waals surface area (Å²) in [6.07, 6.45) is 1.20. The summed E-state index contributed by atoms with van der Waals surface area (Å²) in [6, 6.07) is 3.84. The number of amides is 1. The molecule has 0 aliphatic carbocycles. The van der Waals surface area contributed by atoms with Gasteiger partial charge in [-0.15, -0.1) is 0 Å². The number of pyridine rings is 1. The predicted octanol–water partition coefficient (Wildman–Crippen LogP) is 3.46. The molecule has 2 aromatic heterocycles. The van der Waals surface area contributed by atoms with Crippen LogP contribution in [0.3, 0.4) is 0 Å². The van der Waals surface area contributed by atoms with Gasteiger partial charge in [-0.1, -0.05) is 0 Å². The van der Waals surface area contributed by atoms with Gasteiger partial charge >= 0.3 is 0 Å². The lowest BCUT2D eigenvalue weighted by Gasteiger charge is -2.30. The quantitative estimate of drug-likeness (QED) is 0.671. The number of carbonyl (C=O) groups is 1. The van der Waals surface area contributed by atoms with Crippen molar-refractivity contribution in [3.63, 3.8) is 0 Å². The molecule has 134 valence electrons. The highest BCUT2D eigenvalue weighted by molar-refractivity contribution is 6.14. The second-order valence-corrected chi connectivity index (χ2v) is 6.67. The van der Waals surface area contributed by atoms with Crippen molar-refractivity contribution in [3.05, 3.63) is 52.3 Å². The molecule has 0 bridgehead atoms. The number of fused-ring (bicyclic) bond motifs is 2. The van der Waals surface area contributed by atoms with Gasteiger partial charge in [0, 0.05) is 25.4 Å². The van der Waals surface area contributed by atoms with E-state index in [1.54, 1.807) is 24.7 Å². The summed E-state index contributed by atoms with van der Waals surface area (Å²) >= 11 is 0. The third-order valence-corrected chi connectivity index (χ3v) is 4.78. The first kappa shape index (κ1) is 16.6. The molecule has 0 saturated carbocycles. The number of rotatable bonds is 1. The van der Waals surface area contributed by atoms with E-state index >= 15 is 0 Å². The van der Waals surface area contributed by atoms with Crippen LogP contribution >= 0.6 is 0 Å². The molecule has 0 N–H and O–H groups in total. The Morgan fingerprint density at radius 2 is 1.96 bits per heavy atom. The maximum Gasteiger partial charge on any atom is 0.259 e. The van der Waals surface area contributed by atoms with Crippen molar-refractivity contribution in [2.75, 3.05) is 11.4 Å². The minimum absolute atomic E-state index is 0.173. The summed E-state index contributed by atoms with van der Waals surface area (Å²) < 4.78 is 29.7. The van der Waals surface area contributed by atoms with Gasteiger partial charge in [-0.2, -0.15) is 5.10 Å². The van der Waals surface area contributed by atoms with Crippen LogP contribution in [0.5, 0.6) is 0 Å². The van der Waals surface area contributed by atoms with Crippen LogP contribution in [0.2, 0.25) is 0 Å². The van der Waals surface area contributed by atoms with Crippen molar-refractivity contribution < 1.29 is 13.6 Å². The fraction of sp³-hybridized carbons (Fsp3) is 0.316. The maximum atomic E-state index is 14.5. The highest BCUT2D eigenvalue weighted by atomic mass is 19.1. The Morgan fingerprint density at radius 1 is 1.19 bits per heavy atom. The van der Waals surface area contributed by atoms with E-state index in [0.717, 1.165) is 6.07 Å². The molecular weight excluding hydrogens is 338 g/mol. The normalized spacial score (nSPS) is 14.0. The Kier molecular flexibility index (Phi) is 3.75. The average molecular weight is 356 g/mol. The van der Waals surface area contributed by atoms with Gasteiger partial charge in [0.15, 0.2) is 5.65 Å². The van der Waals surface area contributed by atoms with Gasteiger partial charge in [0.25, 0.3) is 5.91 Å². The van der Waals surface area contributed by atoms with E-state index in [1.807, 2.05) is 6.92 Å². The molecule has 0 spiro atoms. The summed E-state index contributed by atoms with van der Waals surface area (Å²) in [7, 11) is 1.77. The van der Waals surface area contributed by atoms with Crippen molar-refractivity contribution in [1.29, 1.82) is 0 Å². The number of benzene rings is 1. The number of aryl methyl sites for hydroxylation is 4. The van der Waals surface area contributed by atoms with E-state index in [9.17, 15) is 13.6 Å². The SMILES string of the molecule is Cc1cc(C(=O)N2CCCc3cc(F)cc(F)c32)c2c(C)nn(C)c2n1. The number of hydrogen-bond donors (Lipinski definition) is 0. The van der Waals surface area contributed by atoms with Crippen LogP contribution < -0.4 is 4.90 Å². The van der Waals surface area contributed by atoms with E-state index in [-0.39, 0.29) is 11.6 Å². The Balaban J connectivity index is 1.90. The predicted molar refractivity (Wildman–Crippen MR) is 94.3 cm³/mol. The van der Waals surface area contributed by atoms with Gasteiger partial charge in [0.1, 0.15) is 11.6 Å². The largest absolute Gasteiger partial charge is 0.305 e. The van der Waals surface area contributed by atoms with Gasteiger partial charge in [0.05, 0.1) is 22.3 Å². The maximum absolute atomic E-state index is 14.5. The van der Waals surface area contributed by atoms with Gasteiger partial charge in [0.2, 0.25) is 0 Å². The molecule has 0 fully saturated rings. The van der Waals surface area contributed by atoms with E-state index < -0.39 is 11.6 Å². The standard InChI is InChI=1S/C19H18F2N4O/c1-10-7-14(16-11(2)23-24(3)18(16)22-10)19(26)25-6-4-5-12-8-13(20)9-15(21)17(12)25/h7-9H,4-6H2,1-3H3. The summed E-state index contributed by atoms with van der Waals surface area (Å²) in [5.41, 5.74) is 3.12. The minimum Gasteiger partial charge on any atom is -0.305 e. The number of nitrogens with zero attached hydrogens (tertiary/aromatic N) is 4. The molecule has 1 amide bonds. The first-order valence-electron chi connectivity index (χ1n) is 8.47. The number of halogens is 2. The second-order valence-electron chi connectivity index (χ2n) is 6.67. The number of carbonyl (C=O) groups excluding carboxylic acids is 1. The third-order valence-electron chi connectivity index (χ3n) is 4.78. The molecule has 0 unspecified atom stereocenters. The van der Waals surface area contributed by atoms with Crippen molar-refractivity contribution >= 4 is 22.6 Å². The molecule has 7 heteroatoms. The molecule has 0 radical (unpaired) electrons. The van der Waals surface area contributed by atoms with Gasteiger partial charge in [-0.05, 0) is 44.4 Å². The average Bonchev–Trinajstić information content (AvgIpc) is 2.86. The monoisotopic (exact) mass is 356 g/mol. The minimum atomic E-state index is -0.710. The van der Waals surface area contributed by atoms with E-state index in [1.165, 1.54) is 11.0 Å². The Morgan fingerprint density at radius 3 is 2.73 bits per heavy atom. The van der Waals surface area contributed by atoms with Crippen LogP contribution in [0.4, 0.5) is 14.5 Å².